The molecule has 0 spiro atoms. The molecule has 3 aromatic heterocycles. The van der Waals surface area contributed by atoms with Crippen LogP contribution in [-0.4, -0.2) is 48.9 Å². The SMILES string of the molecule is CC1(C)OB(O)c2ccc(Nc3ncc(-c4nc(-c5cccnc5)no4)c(N[C@H](CO)c4ccccc4)n3)cc21. The van der Waals surface area contributed by atoms with Crippen LogP contribution in [0.25, 0.3) is 22.8 Å². The molecule has 1 aliphatic heterocycles. The normalized spacial score (nSPS) is 14.6. The Bertz CT molecular complexity index is 1630. The molecule has 0 unspecified atom stereocenters. The van der Waals surface area contributed by atoms with Gasteiger partial charge in [0.2, 0.25) is 11.8 Å². The van der Waals surface area contributed by atoms with Gasteiger partial charge in [-0.15, -0.1) is 0 Å². The van der Waals surface area contributed by atoms with Gasteiger partial charge in [-0.3, -0.25) is 4.98 Å². The van der Waals surface area contributed by atoms with Gasteiger partial charge in [0.25, 0.3) is 5.89 Å². The number of benzene rings is 2. The number of hydrogen-bond donors (Lipinski definition) is 4. The maximum Gasteiger partial charge on any atom is 0.492 e. The zero-order valence-corrected chi connectivity index (χ0v) is 21.8. The van der Waals surface area contributed by atoms with Crippen molar-refractivity contribution in [1.29, 1.82) is 0 Å². The van der Waals surface area contributed by atoms with Crippen LogP contribution in [0.1, 0.15) is 31.0 Å². The highest BCUT2D eigenvalue weighted by Crippen LogP contribution is 2.33. The lowest BCUT2D eigenvalue weighted by Gasteiger charge is -2.21. The van der Waals surface area contributed by atoms with E-state index in [1.807, 2.05) is 68.4 Å². The van der Waals surface area contributed by atoms with E-state index in [4.69, 9.17) is 14.2 Å². The van der Waals surface area contributed by atoms with Crippen LogP contribution in [-0.2, 0) is 10.3 Å². The fraction of sp³-hybridized carbons (Fsp3) is 0.179. The highest BCUT2D eigenvalue weighted by atomic mass is 16.5. The maximum atomic E-state index is 10.2. The zero-order chi connectivity index (χ0) is 27.7. The summed E-state index contributed by atoms with van der Waals surface area (Å²) in [6.07, 6.45) is 4.90. The lowest BCUT2D eigenvalue weighted by atomic mass is 9.78. The van der Waals surface area contributed by atoms with Crippen molar-refractivity contribution in [2.24, 2.45) is 0 Å². The van der Waals surface area contributed by atoms with Crippen molar-refractivity contribution in [3.63, 3.8) is 0 Å². The largest absolute Gasteiger partial charge is 0.492 e. The van der Waals surface area contributed by atoms with Gasteiger partial charge in [-0.1, -0.05) is 41.6 Å². The number of aromatic nitrogens is 5. The molecule has 4 heterocycles. The quantitative estimate of drug-likeness (QED) is 0.216. The Balaban J connectivity index is 1.36. The molecule has 4 N–H and O–H groups in total. The third kappa shape index (κ3) is 5.03. The van der Waals surface area contributed by atoms with Crippen LogP contribution >= 0.6 is 0 Å². The van der Waals surface area contributed by atoms with Gasteiger partial charge in [0.1, 0.15) is 11.4 Å². The average molecular weight is 535 g/mol. The van der Waals surface area contributed by atoms with E-state index in [2.05, 4.69) is 30.7 Å². The van der Waals surface area contributed by atoms with Crippen LogP contribution in [0.15, 0.2) is 83.8 Å². The lowest BCUT2D eigenvalue weighted by molar-refractivity contribution is 0.101. The predicted octanol–water partition coefficient (Wildman–Crippen LogP) is 3.43. The van der Waals surface area contributed by atoms with Gasteiger partial charge in [-0.25, -0.2) is 4.98 Å². The van der Waals surface area contributed by atoms with Crippen LogP contribution in [0.3, 0.4) is 0 Å². The van der Waals surface area contributed by atoms with Crippen molar-refractivity contribution in [3.05, 3.63) is 90.4 Å². The van der Waals surface area contributed by atoms with Gasteiger partial charge >= 0.3 is 7.12 Å². The van der Waals surface area contributed by atoms with Gasteiger partial charge in [0, 0.05) is 29.8 Å². The maximum absolute atomic E-state index is 10.2. The standard InChI is InChI=1S/C28H26BN7O4/c1-28(2)21-13-19(10-11-22(21)29(38)40-28)32-27-31-15-20(26-34-24(36-39-26)18-9-6-12-30-14-18)25(35-27)33-23(16-37)17-7-4-3-5-8-17/h3-15,23,37-38H,16H2,1-2H3,(H2,31,32,33,35)/t23-/m1/s1. The summed E-state index contributed by atoms with van der Waals surface area (Å²) in [6, 6.07) is 18.3. The van der Waals surface area contributed by atoms with E-state index in [0.29, 0.717) is 28.7 Å². The smallest absolute Gasteiger partial charge is 0.423 e. The van der Waals surface area contributed by atoms with Crippen molar-refractivity contribution >= 4 is 30.0 Å². The average Bonchev–Trinajstić information content (AvgIpc) is 3.55. The molecule has 6 rings (SSSR count). The summed E-state index contributed by atoms with van der Waals surface area (Å²) >= 11 is 0. The van der Waals surface area contributed by atoms with Crippen LogP contribution in [0.4, 0.5) is 17.5 Å². The molecule has 0 radical (unpaired) electrons. The second-order valence-corrected chi connectivity index (χ2v) is 9.82. The minimum absolute atomic E-state index is 0.177. The Hall–Kier alpha value is -4.65. The molecule has 0 amide bonds. The van der Waals surface area contributed by atoms with E-state index in [1.54, 1.807) is 24.7 Å². The lowest BCUT2D eigenvalue weighted by Crippen LogP contribution is -2.28. The molecule has 0 saturated heterocycles. The Morgan fingerprint density at radius 1 is 1.02 bits per heavy atom. The third-order valence-electron chi connectivity index (χ3n) is 6.69. The number of nitrogens with zero attached hydrogens (tertiary/aromatic N) is 5. The van der Waals surface area contributed by atoms with Gasteiger partial charge in [-0.2, -0.15) is 9.97 Å². The summed E-state index contributed by atoms with van der Waals surface area (Å²) in [5.74, 6) is 1.29. The number of aliphatic hydroxyl groups is 1. The highest BCUT2D eigenvalue weighted by Gasteiger charge is 2.40. The number of rotatable bonds is 8. The number of pyridine rings is 1. The summed E-state index contributed by atoms with van der Waals surface area (Å²) in [5, 5.41) is 31.1. The first kappa shape index (κ1) is 25.6. The third-order valence-corrected chi connectivity index (χ3v) is 6.69. The molecule has 0 aliphatic carbocycles. The van der Waals surface area contributed by atoms with Crippen molar-refractivity contribution < 1.29 is 19.3 Å². The first-order chi connectivity index (χ1) is 19.4. The monoisotopic (exact) mass is 535 g/mol. The number of aliphatic hydroxyl groups excluding tert-OH is 1. The van der Waals surface area contributed by atoms with Crippen molar-refractivity contribution in [2.45, 2.75) is 25.5 Å². The fourth-order valence-electron chi connectivity index (χ4n) is 4.64. The van der Waals surface area contributed by atoms with E-state index < -0.39 is 18.8 Å². The zero-order valence-electron chi connectivity index (χ0n) is 21.8. The molecule has 200 valence electrons. The Morgan fingerprint density at radius 2 is 1.88 bits per heavy atom. The predicted molar refractivity (Wildman–Crippen MR) is 150 cm³/mol. The van der Waals surface area contributed by atoms with E-state index in [9.17, 15) is 10.1 Å². The summed E-state index contributed by atoms with van der Waals surface area (Å²) in [5.41, 5.74) is 3.73. The first-order valence-electron chi connectivity index (χ1n) is 12.7. The number of hydrogen-bond acceptors (Lipinski definition) is 11. The van der Waals surface area contributed by atoms with Crippen LogP contribution < -0.4 is 16.1 Å². The first-order valence-corrected chi connectivity index (χ1v) is 12.7. The van der Waals surface area contributed by atoms with Crippen molar-refractivity contribution in [1.82, 2.24) is 25.1 Å². The molecule has 12 heteroatoms. The minimum Gasteiger partial charge on any atom is -0.423 e. The molecule has 1 aliphatic rings. The van der Waals surface area contributed by atoms with Gasteiger partial charge in [0.05, 0.1) is 18.2 Å². The van der Waals surface area contributed by atoms with E-state index in [1.165, 1.54) is 0 Å². The van der Waals surface area contributed by atoms with Gasteiger partial charge in [-0.05, 0) is 54.7 Å². The molecule has 0 fully saturated rings. The van der Waals surface area contributed by atoms with Gasteiger partial charge < -0.3 is 29.9 Å². The Kier molecular flexibility index (Phi) is 6.72. The number of nitrogens with one attached hydrogen (secondary N) is 2. The molecular weight excluding hydrogens is 509 g/mol. The summed E-state index contributed by atoms with van der Waals surface area (Å²) in [4.78, 5) is 17.9. The van der Waals surface area contributed by atoms with Crippen molar-refractivity contribution in [3.8, 4) is 22.8 Å². The van der Waals surface area contributed by atoms with Gasteiger partial charge in [0.15, 0.2) is 0 Å². The molecule has 0 bridgehead atoms. The van der Waals surface area contributed by atoms with E-state index in [-0.39, 0.29) is 12.5 Å². The summed E-state index contributed by atoms with van der Waals surface area (Å²) in [6.45, 7) is 3.63. The second-order valence-electron chi connectivity index (χ2n) is 9.82. The van der Waals surface area contributed by atoms with E-state index in [0.717, 1.165) is 22.3 Å². The molecule has 1 atom stereocenters. The number of anilines is 3. The van der Waals surface area contributed by atoms with Crippen LogP contribution in [0, 0.1) is 0 Å². The number of fused-ring (bicyclic) bond motifs is 1. The summed E-state index contributed by atoms with van der Waals surface area (Å²) < 4.78 is 11.3. The fourth-order valence-corrected chi connectivity index (χ4v) is 4.64. The molecule has 40 heavy (non-hydrogen) atoms. The Labute approximate surface area is 230 Å². The van der Waals surface area contributed by atoms with Crippen LogP contribution in [0.5, 0.6) is 0 Å². The summed E-state index contributed by atoms with van der Waals surface area (Å²) in [7, 11) is -0.968. The molecular formula is C28H26BN7O4. The molecule has 2 aromatic carbocycles. The van der Waals surface area contributed by atoms with Crippen LogP contribution in [0.2, 0.25) is 0 Å². The van der Waals surface area contributed by atoms with Crippen molar-refractivity contribution in [2.75, 3.05) is 17.2 Å². The second kappa shape index (κ2) is 10.5. The molecule has 11 nitrogen and oxygen atoms in total. The van der Waals surface area contributed by atoms with E-state index >= 15 is 0 Å². The molecule has 5 aromatic rings. The highest BCUT2D eigenvalue weighted by molar-refractivity contribution is 6.62. The topological polar surface area (TPSA) is 151 Å². The minimum atomic E-state index is -0.968. The molecule has 0 saturated carbocycles. The Morgan fingerprint density at radius 3 is 2.65 bits per heavy atom.